The summed E-state index contributed by atoms with van der Waals surface area (Å²) < 4.78 is 1.49. The normalized spacial score (nSPS) is 19.2. The van der Waals surface area contributed by atoms with E-state index >= 15 is 0 Å². The van der Waals surface area contributed by atoms with Crippen LogP contribution in [0.25, 0.3) is 0 Å². The van der Waals surface area contributed by atoms with Crippen LogP contribution in [0, 0.1) is 0 Å². The number of nitrogens with zero attached hydrogens (tertiary/aromatic N) is 3. The van der Waals surface area contributed by atoms with Gasteiger partial charge in [-0.3, -0.25) is 14.3 Å². The van der Waals surface area contributed by atoms with E-state index in [0.717, 1.165) is 12.8 Å². The van der Waals surface area contributed by atoms with Gasteiger partial charge in [-0.15, -0.1) is 0 Å². The average Bonchev–Trinajstić information content (AvgIpc) is 2.83. The summed E-state index contributed by atoms with van der Waals surface area (Å²) in [5.74, 6) is -0.204. The first-order chi connectivity index (χ1) is 9.11. The van der Waals surface area contributed by atoms with Gasteiger partial charge in [0.25, 0.3) is 0 Å². The lowest BCUT2D eigenvalue weighted by molar-refractivity contribution is -0.142. The number of nitrogen functional groups attached to an aromatic ring is 1. The molecule has 1 fully saturated rings. The summed E-state index contributed by atoms with van der Waals surface area (Å²) in [6.45, 7) is 0.734. The van der Waals surface area contributed by atoms with Gasteiger partial charge in [-0.25, -0.2) is 0 Å². The summed E-state index contributed by atoms with van der Waals surface area (Å²) >= 11 is 0. The summed E-state index contributed by atoms with van der Waals surface area (Å²) in [5, 5.41) is 6.60. The summed E-state index contributed by atoms with van der Waals surface area (Å²) in [7, 11) is 1.59. The number of rotatable bonds is 3. The molecule has 1 aromatic rings. The van der Waals surface area contributed by atoms with Crippen LogP contribution in [0.15, 0.2) is 12.4 Å². The van der Waals surface area contributed by atoms with Crippen LogP contribution in [-0.4, -0.2) is 46.1 Å². The lowest BCUT2D eigenvalue weighted by Crippen LogP contribution is -2.52. The fraction of sp³-hybridized carbons (Fsp3) is 0.583. The van der Waals surface area contributed by atoms with Crippen LogP contribution in [0.4, 0.5) is 5.69 Å². The van der Waals surface area contributed by atoms with E-state index in [1.54, 1.807) is 18.1 Å². The summed E-state index contributed by atoms with van der Waals surface area (Å²) in [6, 6.07) is -0.362. The first-order valence-electron chi connectivity index (χ1n) is 6.41. The molecule has 7 nitrogen and oxygen atoms in total. The Morgan fingerprint density at radius 3 is 2.95 bits per heavy atom. The molecule has 7 heteroatoms. The van der Waals surface area contributed by atoms with Gasteiger partial charge in [0.2, 0.25) is 11.8 Å². The Morgan fingerprint density at radius 1 is 1.53 bits per heavy atom. The van der Waals surface area contributed by atoms with Crippen molar-refractivity contribution in [3.63, 3.8) is 0 Å². The molecule has 1 aliphatic rings. The van der Waals surface area contributed by atoms with Gasteiger partial charge in [0, 0.05) is 19.8 Å². The molecule has 2 amide bonds. The van der Waals surface area contributed by atoms with E-state index in [1.165, 1.54) is 10.9 Å². The standard InChI is InChI=1S/C12H19N5O2/c1-14-12(19)10-4-2-3-5-17(10)11(18)8-16-7-9(13)6-15-16/h6-7,10H,2-5,8,13H2,1H3,(H,14,19). The van der Waals surface area contributed by atoms with Crippen LogP contribution in [0.3, 0.4) is 0 Å². The first kappa shape index (κ1) is 13.4. The third-order valence-corrected chi connectivity index (χ3v) is 3.32. The number of hydrogen-bond donors (Lipinski definition) is 2. The Kier molecular flexibility index (Phi) is 4.03. The largest absolute Gasteiger partial charge is 0.396 e. The Balaban J connectivity index is 2.05. The summed E-state index contributed by atoms with van der Waals surface area (Å²) in [4.78, 5) is 25.7. The number of anilines is 1. The molecule has 1 atom stereocenters. The molecule has 1 unspecified atom stereocenters. The third kappa shape index (κ3) is 3.04. The molecule has 104 valence electrons. The van der Waals surface area contributed by atoms with Crippen LogP contribution in [0.5, 0.6) is 0 Å². The van der Waals surface area contributed by atoms with Gasteiger partial charge in [-0.2, -0.15) is 5.10 Å². The molecule has 0 spiro atoms. The second-order valence-corrected chi connectivity index (χ2v) is 4.68. The Hall–Kier alpha value is -2.05. The highest BCUT2D eigenvalue weighted by atomic mass is 16.2. The van der Waals surface area contributed by atoms with Gasteiger partial charge in [-0.05, 0) is 19.3 Å². The third-order valence-electron chi connectivity index (χ3n) is 3.32. The van der Waals surface area contributed by atoms with Crippen molar-refractivity contribution in [2.75, 3.05) is 19.3 Å². The zero-order valence-corrected chi connectivity index (χ0v) is 11.0. The van der Waals surface area contributed by atoms with E-state index in [4.69, 9.17) is 5.73 Å². The number of likely N-dealkylation sites (tertiary alicyclic amines) is 1. The van der Waals surface area contributed by atoms with Gasteiger partial charge in [0.1, 0.15) is 12.6 Å². The molecule has 1 aliphatic heterocycles. The average molecular weight is 265 g/mol. The van der Waals surface area contributed by atoms with Crippen molar-refractivity contribution in [3.05, 3.63) is 12.4 Å². The number of nitrogens with two attached hydrogens (primary N) is 1. The highest BCUT2D eigenvalue weighted by Crippen LogP contribution is 2.17. The van der Waals surface area contributed by atoms with Crippen LogP contribution in [-0.2, 0) is 16.1 Å². The molecule has 2 rings (SSSR count). The molecule has 1 saturated heterocycles. The van der Waals surface area contributed by atoms with E-state index in [0.29, 0.717) is 18.7 Å². The second-order valence-electron chi connectivity index (χ2n) is 4.68. The lowest BCUT2D eigenvalue weighted by atomic mass is 10.0. The lowest BCUT2D eigenvalue weighted by Gasteiger charge is -2.34. The monoisotopic (exact) mass is 265 g/mol. The van der Waals surface area contributed by atoms with E-state index in [9.17, 15) is 9.59 Å². The van der Waals surface area contributed by atoms with Crippen LogP contribution < -0.4 is 11.1 Å². The van der Waals surface area contributed by atoms with Gasteiger partial charge < -0.3 is 16.0 Å². The molecule has 0 aromatic carbocycles. The molecule has 0 saturated carbocycles. The van der Waals surface area contributed by atoms with Gasteiger partial charge in [0.05, 0.1) is 11.9 Å². The molecule has 0 radical (unpaired) electrons. The maximum absolute atomic E-state index is 12.3. The van der Waals surface area contributed by atoms with Crippen molar-refractivity contribution in [3.8, 4) is 0 Å². The number of amides is 2. The first-order valence-corrected chi connectivity index (χ1v) is 6.41. The number of aromatic nitrogens is 2. The molecule has 0 bridgehead atoms. The van der Waals surface area contributed by atoms with Crippen molar-refractivity contribution < 1.29 is 9.59 Å². The van der Waals surface area contributed by atoms with E-state index in [1.807, 2.05) is 0 Å². The van der Waals surface area contributed by atoms with Gasteiger partial charge in [0.15, 0.2) is 0 Å². The molecular weight excluding hydrogens is 246 g/mol. The number of carbonyl (C=O) groups is 2. The molecule has 1 aromatic heterocycles. The SMILES string of the molecule is CNC(=O)C1CCCCN1C(=O)Cn1cc(N)cn1. The molecule has 19 heavy (non-hydrogen) atoms. The molecule has 2 heterocycles. The smallest absolute Gasteiger partial charge is 0.244 e. The number of likely N-dealkylation sites (N-methyl/N-ethyl adjacent to an activating group) is 1. The van der Waals surface area contributed by atoms with Crippen molar-refractivity contribution in [2.45, 2.75) is 31.8 Å². The molecule has 3 N–H and O–H groups in total. The zero-order chi connectivity index (χ0) is 13.8. The highest BCUT2D eigenvalue weighted by molar-refractivity contribution is 5.87. The second kappa shape index (κ2) is 5.73. The van der Waals surface area contributed by atoms with Crippen molar-refractivity contribution in [1.82, 2.24) is 20.0 Å². The van der Waals surface area contributed by atoms with Gasteiger partial charge >= 0.3 is 0 Å². The molecular formula is C12H19N5O2. The van der Waals surface area contributed by atoms with Crippen molar-refractivity contribution in [2.24, 2.45) is 0 Å². The number of hydrogen-bond acceptors (Lipinski definition) is 4. The van der Waals surface area contributed by atoms with Crippen LogP contribution >= 0.6 is 0 Å². The quantitative estimate of drug-likeness (QED) is 0.777. The maximum atomic E-state index is 12.3. The number of piperidine rings is 1. The fourth-order valence-electron chi connectivity index (χ4n) is 2.36. The van der Waals surface area contributed by atoms with Crippen LogP contribution in [0.2, 0.25) is 0 Å². The topological polar surface area (TPSA) is 93.2 Å². The van der Waals surface area contributed by atoms with Crippen molar-refractivity contribution in [1.29, 1.82) is 0 Å². The summed E-state index contributed by atoms with van der Waals surface area (Å²) in [6.07, 6.45) is 5.72. The Labute approximate surface area is 111 Å². The fourth-order valence-corrected chi connectivity index (χ4v) is 2.36. The van der Waals surface area contributed by atoms with Gasteiger partial charge in [-0.1, -0.05) is 0 Å². The predicted molar refractivity (Wildman–Crippen MR) is 70.1 cm³/mol. The van der Waals surface area contributed by atoms with E-state index in [-0.39, 0.29) is 24.4 Å². The molecule has 0 aliphatic carbocycles. The highest BCUT2D eigenvalue weighted by Gasteiger charge is 2.31. The number of nitrogens with one attached hydrogen (secondary N) is 1. The maximum Gasteiger partial charge on any atom is 0.244 e. The minimum absolute atomic E-state index is 0.101. The van der Waals surface area contributed by atoms with Crippen LogP contribution in [0.1, 0.15) is 19.3 Å². The predicted octanol–water partition coefficient (Wildman–Crippen LogP) is -0.408. The number of carbonyl (C=O) groups excluding carboxylic acids is 2. The summed E-state index contributed by atoms with van der Waals surface area (Å²) in [5.41, 5.74) is 6.08. The minimum atomic E-state index is -0.362. The van der Waals surface area contributed by atoms with E-state index < -0.39 is 0 Å². The zero-order valence-electron chi connectivity index (χ0n) is 11.0. The Morgan fingerprint density at radius 2 is 2.32 bits per heavy atom. The van der Waals surface area contributed by atoms with Crippen molar-refractivity contribution >= 4 is 17.5 Å². The minimum Gasteiger partial charge on any atom is -0.396 e. The Bertz CT molecular complexity index is 470. The van der Waals surface area contributed by atoms with E-state index in [2.05, 4.69) is 10.4 Å².